The monoisotopic (exact) mass is 298 g/mol. The van der Waals surface area contributed by atoms with E-state index in [2.05, 4.69) is 13.8 Å². The molecule has 2 rings (SSSR count). The summed E-state index contributed by atoms with van der Waals surface area (Å²) in [7, 11) is -3.84. The first-order valence-electron chi connectivity index (χ1n) is 6.84. The molecule has 6 heteroatoms. The summed E-state index contributed by atoms with van der Waals surface area (Å²) in [6.07, 6.45) is 3.07. The zero-order valence-electron chi connectivity index (χ0n) is 11.9. The molecule has 4 N–H and O–H groups in total. The van der Waals surface area contributed by atoms with Crippen molar-refractivity contribution in [2.45, 2.75) is 44.1 Å². The Balaban J connectivity index is 2.25. The molecular weight excluding hydrogens is 276 g/mol. The van der Waals surface area contributed by atoms with Crippen LogP contribution in [0.15, 0.2) is 23.1 Å². The van der Waals surface area contributed by atoms with Crippen molar-refractivity contribution in [1.82, 2.24) is 0 Å². The number of sulfonamides is 1. The van der Waals surface area contributed by atoms with Crippen molar-refractivity contribution in [3.8, 4) is 5.75 Å². The minimum absolute atomic E-state index is 0.0258. The summed E-state index contributed by atoms with van der Waals surface area (Å²) in [5.41, 5.74) is 5.98. The molecule has 112 valence electrons. The first-order chi connectivity index (χ1) is 9.25. The topological polar surface area (TPSA) is 95.4 Å². The number of nitrogens with two attached hydrogens (primary N) is 2. The van der Waals surface area contributed by atoms with Crippen LogP contribution in [0, 0.1) is 11.8 Å². The average Bonchev–Trinajstić information content (AvgIpc) is 2.28. The Morgan fingerprint density at radius 3 is 2.30 bits per heavy atom. The predicted molar refractivity (Wildman–Crippen MR) is 78.8 cm³/mol. The molecule has 0 aromatic heterocycles. The van der Waals surface area contributed by atoms with Crippen LogP contribution >= 0.6 is 0 Å². The predicted octanol–water partition coefficient (Wildman–Crippen LogP) is 2.12. The molecule has 0 bridgehead atoms. The van der Waals surface area contributed by atoms with Crippen LogP contribution in [0.4, 0.5) is 5.69 Å². The van der Waals surface area contributed by atoms with Gasteiger partial charge in [-0.1, -0.05) is 13.8 Å². The van der Waals surface area contributed by atoms with Crippen molar-refractivity contribution in [3.05, 3.63) is 18.2 Å². The second-order valence-electron chi connectivity index (χ2n) is 5.91. The van der Waals surface area contributed by atoms with Gasteiger partial charge in [-0.15, -0.1) is 0 Å². The van der Waals surface area contributed by atoms with Gasteiger partial charge in [0.1, 0.15) is 10.6 Å². The molecule has 5 nitrogen and oxygen atoms in total. The highest BCUT2D eigenvalue weighted by atomic mass is 32.2. The standard InChI is InChI=1S/C14H22N2O3S/c1-9-5-10(2)7-12(6-9)19-13-4-3-11(15)8-14(13)20(16,17)18/h3-4,8-10,12H,5-7,15H2,1-2H3,(H2,16,17,18). The van der Waals surface area contributed by atoms with Crippen LogP contribution in [0.3, 0.4) is 0 Å². The molecule has 2 unspecified atom stereocenters. The van der Waals surface area contributed by atoms with Crippen LogP contribution in [-0.2, 0) is 10.0 Å². The zero-order valence-corrected chi connectivity index (χ0v) is 12.7. The number of hydrogen-bond donors (Lipinski definition) is 2. The highest BCUT2D eigenvalue weighted by molar-refractivity contribution is 7.89. The molecule has 0 aliphatic heterocycles. The van der Waals surface area contributed by atoms with Crippen molar-refractivity contribution in [1.29, 1.82) is 0 Å². The summed E-state index contributed by atoms with van der Waals surface area (Å²) in [6, 6.07) is 4.55. The Kier molecular flexibility index (Phi) is 4.25. The molecule has 1 aromatic rings. The van der Waals surface area contributed by atoms with Crippen LogP contribution < -0.4 is 15.6 Å². The summed E-state index contributed by atoms with van der Waals surface area (Å²) in [5.74, 6) is 1.46. The van der Waals surface area contributed by atoms with E-state index in [1.54, 1.807) is 12.1 Å². The summed E-state index contributed by atoms with van der Waals surface area (Å²) in [5, 5.41) is 5.22. The Morgan fingerprint density at radius 1 is 1.15 bits per heavy atom. The molecule has 1 saturated carbocycles. The third kappa shape index (κ3) is 3.64. The lowest BCUT2D eigenvalue weighted by atomic mass is 9.82. The fourth-order valence-electron chi connectivity index (χ4n) is 2.99. The summed E-state index contributed by atoms with van der Waals surface area (Å²) >= 11 is 0. The number of ether oxygens (including phenoxy) is 1. The van der Waals surface area contributed by atoms with Crippen molar-refractivity contribution in [2.75, 3.05) is 5.73 Å². The van der Waals surface area contributed by atoms with Gasteiger partial charge in [-0.05, 0) is 49.3 Å². The van der Waals surface area contributed by atoms with E-state index in [9.17, 15) is 8.42 Å². The fourth-order valence-corrected chi connectivity index (χ4v) is 3.69. The van der Waals surface area contributed by atoms with Gasteiger partial charge in [0, 0.05) is 5.69 Å². The SMILES string of the molecule is CC1CC(C)CC(Oc2ccc(N)cc2S(N)(=O)=O)C1. The van der Waals surface area contributed by atoms with E-state index in [1.165, 1.54) is 12.5 Å². The first-order valence-corrected chi connectivity index (χ1v) is 8.39. The number of benzene rings is 1. The molecule has 0 heterocycles. The molecule has 1 aromatic carbocycles. The lowest BCUT2D eigenvalue weighted by Crippen LogP contribution is -2.29. The van der Waals surface area contributed by atoms with Gasteiger partial charge in [0.25, 0.3) is 0 Å². The van der Waals surface area contributed by atoms with E-state index in [0.29, 0.717) is 23.3 Å². The maximum absolute atomic E-state index is 11.6. The molecule has 1 aliphatic carbocycles. The Labute approximate surface area is 120 Å². The van der Waals surface area contributed by atoms with Gasteiger partial charge in [0.05, 0.1) is 6.10 Å². The van der Waals surface area contributed by atoms with Gasteiger partial charge in [-0.25, -0.2) is 13.6 Å². The maximum atomic E-state index is 11.6. The van der Waals surface area contributed by atoms with Crippen molar-refractivity contribution in [3.63, 3.8) is 0 Å². The first kappa shape index (κ1) is 15.1. The van der Waals surface area contributed by atoms with Gasteiger partial charge in [-0.2, -0.15) is 0 Å². The molecule has 0 saturated heterocycles. The van der Waals surface area contributed by atoms with Crippen LogP contribution in [0.1, 0.15) is 33.1 Å². The van der Waals surface area contributed by atoms with Gasteiger partial charge < -0.3 is 10.5 Å². The maximum Gasteiger partial charge on any atom is 0.241 e. The van der Waals surface area contributed by atoms with Crippen molar-refractivity contribution >= 4 is 15.7 Å². The molecule has 20 heavy (non-hydrogen) atoms. The second-order valence-corrected chi connectivity index (χ2v) is 7.44. The van der Waals surface area contributed by atoms with Gasteiger partial charge >= 0.3 is 0 Å². The third-order valence-electron chi connectivity index (χ3n) is 3.70. The number of hydrogen-bond acceptors (Lipinski definition) is 4. The summed E-state index contributed by atoms with van der Waals surface area (Å²) in [6.45, 7) is 4.38. The number of rotatable bonds is 3. The van der Waals surface area contributed by atoms with Crippen LogP contribution in [0.25, 0.3) is 0 Å². The zero-order chi connectivity index (χ0) is 14.9. The Bertz CT molecular complexity index is 576. The molecule has 1 fully saturated rings. The van der Waals surface area contributed by atoms with E-state index in [1.807, 2.05) is 0 Å². The summed E-state index contributed by atoms with van der Waals surface area (Å²) in [4.78, 5) is -0.0385. The van der Waals surface area contributed by atoms with E-state index >= 15 is 0 Å². The van der Waals surface area contributed by atoms with E-state index < -0.39 is 10.0 Å². The molecule has 1 aliphatic rings. The van der Waals surface area contributed by atoms with Gasteiger partial charge in [0.15, 0.2) is 0 Å². The number of nitrogen functional groups attached to an aromatic ring is 1. The van der Waals surface area contributed by atoms with E-state index in [4.69, 9.17) is 15.6 Å². The van der Waals surface area contributed by atoms with Gasteiger partial charge in [-0.3, -0.25) is 0 Å². The molecular formula is C14H22N2O3S. The fraction of sp³-hybridized carbons (Fsp3) is 0.571. The smallest absolute Gasteiger partial charge is 0.241 e. The van der Waals surface area contributed by atoms with E-state index in [-0.39, 0.29) is 11.0 Å². The molecule has 0 spiro atoms. The van der Waals surface area contributed by atoms with Gasteiger partial charge in [0.2, 0.25) is 10.0 Å². The second kappa shape index (κ2) is 5.61. The highest BCUT2D eigenvalue weighted by Crippen LogP contribution is 2.33. The molecule has 0 radical (unpaired) electrons. The lowest BCUT2D eigenvalue weighted by molar-refractivity contribution is 0.0983. The van der Waals surface area contributed by atoms with E-state index in [0.717, 1.165) is 12.8 Å². The number of anilines is 1. The highest BCUT2D eigenvalue weighted by Gasteiger charge is 2.27. The minimum atomic E-state index is -3.84. The Morgan fingerprint density at radius 2 is 1.75 bits per heavy atom. The number of primary sulfonamides is 1. The third-order valence-corrected chi connectivity index (χ3v) is 4.64. The van der Waals surface area contributed by atoms with Crippen molar-refractivity contribution in [2.24, 2.45) is 17.0 Å². The normalized spacial score (nSPS) is 27.2. The van der Waals surface area contributed by atoms with Crippen LogP contribution in [0.5, 0.6) is 5.75 Å². The minimum Gasteiger partial charge on any atom is -0.489 e. The molecule has 0 amide bonds. The largest absolute Gasteiger partial charge is 0.489 e. The lowest BCUT2D eigenvalue weighted by Gasteiger charge is -2.32. The van der Waals surface area contributed by atoms with Crippen LogP contribution in [-0.4, -0.2) is 14.5 Å². The summed E-state index contributed by atoms with van der Waals surface area (Å²) < 4.78 is 29.1. The van der Waals surface area contributed by atoms with Crippen molar-refractivity contribution < 1.29 is 13.2 Å². The Hall–Kier alpha value is -1.27. The molecule has 2 atom stereocenters. The quantitative estimate of drug-likeness (QED) is 0.835. The average molecular weight is 298 g/mol. The van der Waals surface area contributed by atoms with Crippen LogP contribution in [0.2, 0.25) is 0 Å².